The Labute approximate surface area is 63.5 Å². The monoisotopic (exact) mass is 153 g/mol. The first kappa shape index (κ1) is 9.22. The summed E-state index contributed by atoms with van der Waals surface area (Å²) in [5.41, 5.74) is 0. The molecular weight excluding hydrogens is 146 g/mol. The summed E-state index contributed by atoms with van der Waals surface area (Å²) in [4.78, 5) is 9.80. The molecule has 0 saturated heterocycles. The molecule has 0 amide bonds. The molecule has 0 atom stereocenters. The zero-order valence-electron chi connectivity index (χ0n) is 5.71. The number of carboxylic acid groups (broad SMARTS) is 1. The highest BCUT2D eigenvalue weighted by Gasteiger charge is 1.82. The second-order valence-electron chi connectivity index (χ2n) is 1.36. The molecule has 0 aromatic rings. The lowest BCUT2D eigenvalue weighted by atomic mass is 10.6. The SMILES string of the molecule is C=C\C=C/N=N\N=C\C(=O)O. The molecule has 1 N–H and O–H groups in total. The number of aliphatic carboxylic acids is 1. The van der Waals surface area contributed by atoms with Crippen LogP contribution in [0.3, 0.4) is 0 Å². The summed E-state index contributed by atoms with van der Waals surface area (Å²) in [5, 5.41) is 17.6. The molecule has 0 radical (unpaired) electrons. The Morgan fingerprint density at radius 1 is 1.55 bits per heavy atom. The minimum absolute atomic E-state index is 0.644. The van der Waals surface area contributed by atoms with Crippen molar-refractivity contribution in [3.63, 3.8) is 0 Å². The van der Waals surface area contributed by atoms with Gasteiger partial charge in [-0.15, -0.1) is 10.2 Å². The number of rotatable bonds is 4. The first-order chi connectivity index (χ1) is 5.27. The summed E-state index contributed by atoms with van der Waals surface area (Å²) >= 11 is 0. The van der Waals surface area contributed by atoms with Crippen LogP contribution in [0.25, 0.3) is 0 Å². The minimum atomic E-state index is -1.16. The van der Waals surface area contributed by atoms with Crippen LogP contribution in [0, 0.1) is 0 Å². The van der Waals surface area contributed by atoms with Crippen LogP contribution >= 0.6 is 0 Å². The number of hydrogen-bond donors (Lipinski definition) is 1. The molecule has 5 nitrogen and oxygen atoms in total. The van der Waals surface area contributed by atoms with E-state index in [2.05, 4.69) is 22.0 Å². The third kappa shape index (κ3) is 8.22. The van der Waals surface area contributed by atoms with Crippen molar-refractivity contribution in [3.8, 4) is 0 Å². The van der Waals surface area contributed by atoms with E-state index in [1.807, 2.05) is 0 Å². The number of hydrogen-bond acceptors (Lipinski definition) is 3. The highest BCUT2D eigenvalue weighted by atomic mass is 16.4. The molecule has 58 valence electrons. The van der Waals surface area contributed by atoms with Crippen LogP contribution in [0.5, 0.6) is 0 Å². The molecule has 0 spiro atoms. The van der Waals surface area contributed by atoms with Gasteiger partial charge in [-0.2, -0.15) is 0 Å². The quantitative estimate of drug-likeness (QED) is 0.285. The van der Waals surface area contributed by atoms with Gasteiger partial charge in [0.2, 0.25) is 0 Å². The van der Waals surface area contributed by atoms with Gasteiger partial charge in [0.05, 0.1) is 6.20 Å². The van der Waals surface area contributed by atoms with Crippen LogP contribution in [-0.2, 0) is 4.79 Å². The topological polar surface area (TPSA) is 74.4 Å². The third-order valence-electron chi connectivity index (χ3n) is 0.560. The average molecular weight is 153 g/mol. The first-order valence-electron chi connectivity index (χ1n) is 2.71. The van der Waals surface area contributed by atoms with E-state index in [1.165, 1.54) is 12.3 Å². The van der Waals surface area contributed by atoms with Crippen LogP contribution in [0.1, 0.15) is 0 Å². The zero-order valence-corrected chi connectivity index (χ0v) is 5.71. The van der Waals surface area contributed by atoms with E-state index in [4.69, 9.17) is 5.11 Å². The van der Waals surface area contributed by atoms with Crippen molar-refractivity contribution in [1.82, 2.24) is 0 Å². The van der Waals surface area contributed by atoms with E-state index in [0.717, 1.165) is 0 Å². The van der Waals surface area contributed by atoms with Gasteiger partial charge in [-0.3, -0.25) is 0 Å². The van der Waals surface area contributed by atoms with E-state index in [9.17, 15) is 4.79 Å². The lowest BCUT2D eigenvalue weighted by Gasteiger charge is -1.72. The van der Waals surface area contributed by atoms with Gasteiger partial charge in [0.15, 0.2) is 0 Å². The first-order valence-corrected chi connectivity index (χ1v) is 2.71. The molecule has 11 heavy (non-hydrogen) atoms. The fraction of sp³-hybridized carbons (Fsp3) is 0. The third-order valence-corrected chi connectivity index (χ3v) is 0.560. The molecule has 0 heterocycles. The fourth-order valence-corrected chi connectivity index (χ4v) is 0.234. The van der Waals surface area contributed by atoms with Gasteiger partial charge in [0.1, 0.15) is 6.21 Å². The molecule has 0 aliphatic heterocycles. The zero-order chi connectivity index (χ0) is 8.53. The number of carboxylic acids is 1. The van der Waals surface area contributed by atoms with Gasteiger partial charge < -0.3 is 5.11 Å². The van der Waals surface area contributed by atoms with E-state index in [1.54, 1.807) is 6.08 Å². The van der Waals surface area contributed by atoms with Crippen molar-refractivity contribution in [2.24, 2.45) is 15.4 Å². The molecule has 0 unspecified atom stereocenters. The molecule has 0 aromatic heterocycles. The molecule has 0 aromatic carbocycles. The van der Waals surface area contributed by atoms with Crippen LogP contribution in [0.2, 0.25) is 0 Å². The van der Waals surface area contributed by atoms with Gasteiger partial charge in [0, 0.05) is 0 Å². The predicted octanol–water partition coefficient (Wildman–Crippen LogP) is 1.21. The second-order valence-corrected chi connectivity index (χ2v) is 1.36. The van der Waals surface area contributed by atoms with Gasteiger partial charge in [-0.05, 0) is 11.3 Å². The van der Waals surface area contributed by atoms with Crippen molar-refractivity contribution < 1.29 is 9.90 Å². The second kappa shape index (κ2) is 6.34. The molecule has 0 saturated carbocycles. The van der Waals surface area contributed by atoms with Crippen molar-refractivity contribution in [2.75, 3.05) is 0 Å². The molecule has 0 bridgehead atoms. The summed E-state index contributed by atoms with van der Waals surface area (Å²) in [6, 6.07) is 0. The summed E-state index contributed by atoms with van der Waals surface area (Å²) in [7, 11) is 0. The average Bonchev–Trinajstić information content (AvgIpc) is 1.96. The van der Waals surface area contributed by atoms with Gasteiger partial charge >= 0.3 is 5.97 Å². The van der Waals surface area contributed by atoms with E-state index in [0.29, 0.717) is 6.21 Å². The molecule has 0 fully saturated rings. The lowest BCUT2D eigenvalue weighted by Crippen LogP contribution is -1.92. The van der Waals surface area contributed by atoms with E-state index >= 15 is 0 Å². The maximum atomic E-state index is 9.80. The van der Waals surface area contributed by atoms with E-state index < -0.39 is 5.97 Å². The highest BCUT2D eigenvalue weighted by Crippen LogP contribution is 1.79. The number of nitrogens with zero attached hydrogens (tertiary/aromatic N) is 3. The highest BCUT2D eigenvalue weighted by molar-refractivity contribution is 6.21. The normalized spacial score (nSPS) is 11.6. The number of carbonyl (C=O) groups is 1. The van der Waals surface area contributed by atoms with Crippen LogP contribution in [0.15, 0.2) is 40.4 Å². The van der Waals surface area contributed by atoms with Gasteiger partial charge in [0.25, 0.3) is 0 Å². The smallest absolute Gasteiger partial charge is 0.348 e. The van der Waals surface area contributed by atoms with Crippen LogP contribution in [-0.4, -0.2) is 17.3 Å². The summed E-state index contributed by atoms with van der Waals surface area (Å²) in [5.74, 6) is -1.16. The Morgan fingerprint density at radius 2 is 2.27 bits per heavy atom. The van der Waals surface area contributed by atoms with Crippen molar-refractivity contribution >= 4 is 12.2 Å². The van der Waals surface area contributed by atoms with Crippen LogP contribution in [0.4, 0.5) is 0 Å². The van der Waals surface area contributed by atoms with E-state index in [-0.39, 0.29) is 0 Å². The Bertz CT molecular complexity index is 218. The Balaban J connectivity index is 3.68. The molecule has 0 aliphatic carbocycles. The molecule has 0 aliphatic rings. The maximum absolute atomic E-state index is 9.80. The Kier molecular flexibility index (Phi) is 5.32. The standard InChI is InChI=1S/C6H7N3O2/c1-2-3-4-7-9-8-5-6(10)11/h2-5H,1H2,(H,10,11)/b4-3-,8-5+,9-7-. The largest absolute Gasteiger partial charge is 0.477 e. The summed E-state index contributed by atoms with van der Waals surface area (Å²) in [6.07, 6.45) is 5.04. The van der Waals surface area contributed by atoms with Gasteiger partial charge in [-0.1, -0.05) is 12.7 Å². The number of allylic oxidation sites excluding steroid dienone is 2. The lowest BCUT2D eigenvalue weighted by molar-refractivity contribution is -0.128. The van der Waals surface area contributed by atoms with Crippen molar-refractivity contribution in [1.29, 1.82) is 0 Å². The Hall–Kier alpha value is -1.78. The summed E-state index contributed by atoms with van der Waals surface area (Å²) < 4.78 is 0. The van der Waals surface area contributed by atoms with Crippen LogP contribution < -0.4 is 0 Å². The predicted molar refractivity (Wildman–Crippen MR) is 40.3 cm³/mol. The van der Waals surface area contributed by atoms with Gasteiger partial charge in [-0.25, -0.2) is 4.79 Å². The fourth-order valence-electron chi connectivity index (χ4n) is 0.234. The summed E-state index contributed by atoms with van der Waals surface area (Å²) in [6.45, 7) is 3.39. The Morgan fingerprint density at radius 3 is 2.82 bits per heavy atom. The van der Waals surface area contributed by atoms with Crippen molar-refractivity contribution in [2.45, 2.75) is 0 Å². The molecule has 5 heteroatoms. The minimum Gasteiger partial charge on any atom is -0.477 e. The van der Waals surface area contributed by atoms with Crippen molar-refractivity contribution in [3.05, 3.63) is 24.9 Å². The molecule has 0 rings (SSSR count). The maximum Gasteiger partial charge on any atom is 0.348 e. The molecular formula is C6H7N3O2.